The molecular formula is C9H19N5. The number of aromatic nitrogens is 2. The van der Waals surface area contributed by atoms with Crippen LogP contribution >= 0.6 is 0 Å². The van der Waals surface area contributed by atoms with Gasteiger partial charge in [0.05, 0.1) is 0 Å². The molecule has 5 heteroatoms. The lowest BCUT2D eigenvalue weighted by Crippen LogP contribution is -2.35. The lowest BCUT2D eigenvalue weighted by atomic mass is 10.5. The van der Waals surface area contributed by atoms with Gasteiger partial charge >= 0.3 is 0 Å². The molecular weight excluding hydrogens is 178 g/mol. The van der Waals surface area contributed by atoms with Gasteiger partial charge < -0.3 is 20.9 Å². The van der Waals surface area contributed by atoms with Crippen molar-refractivity contribution in [3.05, 3.63) is 12.4 Å². The van der Waals surface area contributed by atoms with E-state index in [1.54, 1.807) is 6.20 Å². The van der Waals surface area contributed by atoms with Crippen molar-refractivity contribution in [1.29, 1.82) is 0 Å². The number of nitrogens with two attached hydrogens (primary N) is 2. The third-order valence-electron chi connectivity index (χ3n) is 2.12. The van der Waals surface area contributed by atoms with Crippen LogP contribution in [0.25, 0.3) is 0 Å². The molecule has 1 aromatic rings. The highest BCUT2D eigenvalue weighted by Gasteiger charge is 2.09. The van der Waals surface area contributed by atoms with Crippen LogP contribution in [0, 0.1) is 0 Å². The van der Waals surface area contributed by atoms with Crippen molar-refractivity contribution in [3.63, 3.8) is 0 Å². The van der Waals surface area contributed by atoms with Crippen molar-refractivity contribution in [3.8, 4) is 0 Å². The van der Waals surface area contributed by atoms with E-state index in [0.29, 0.717) is 13.1 Å². The Morgan fingerprint density at radius 3 is 2.50 bits per heavy atom. The Morgan fingerprint density at radius 2 is 2.00 bits per heavy atom. The molecule has 0 bridgehead atoms. The molecule has 0 unspecified atom stereocenters. The maximum atomic E-state index is 5.54. The largest absolute Gasteiger partial charge is 0.340 e. The number of nitrogens with zero attached hydrogens (tertiary/aromatic N) is 3. The Labute approximate surface area is 84.7 Å². The summed E-state index contributed by atoms with van der Waals surface area (Å²) in [6.07, 6.45) is 3.77. The van der Waals surface area contributed by atoms with Crippen molar-refractivity contribution in [2.75, 3.05) is 31.1 Å². The summed E-state index contributed by atoms with van der Waals surface area (Å²) in [5.74, 6) is 0.961. The molecule has 0 saturated carbocycles. The molecule has 0 aliphatic rings. The van der Waals surface area contributed by atoms with Crippen LogP contribution in [0.3, 0.4) is 0 Å². The molecule has 80 valence electrons. The van der Waals surface area contributed by atoms with Gasteiger partial charge in [0, 0.05) is 45.1 Å². The number of anilines is 1. The van der Waals surface area contributed by atoms with Crippen LogP contribution in [-0.4, -0.2) is 35.7 Å². The molecule has 1 rings (SSSR count). The van der Waals surface area contributed by atoms with Gasteiger partial charge in [-0.3, -0.25) is 0 Å². The maximum Gasteiger partial charge on any atom is 0.205 e. The fraction of sp³-hybridized carbons (Fsp3) is 0.667. The van der Waals surface area contributed by atoms with Crippen LogP contribution in [0.1, 0.15) is 6.92 Å². The monoisotopic (exact) mass is 197 g/mol. The normalized spacial score (nSPS) is 10.5. The Bertz CT molecular complexity index is 251. The van der Waals surface area contributed by atoms with Crippen LogP contribution in [-0.2, 0) is 6.54 Å². The molecule has 0 spiro atoms. The van der Waals surface area contributed by atoms with Gasteiger partial charge in [0.1, 0.15) is 0 Å². The second-order valence-electron chi connectivity index (χ2n) is 3.08. The first-order valence-corrected chi connectivity index (χ1v) is 4.99. The Hall–Kier alpha value is -1.07. The van der Waals surface area contributed by atoms with Gasteiger partial charge in [-0.1, -0.05) is 0 Å². The summed E-state index contributed by atoms with van der Waals surface area (Å²) in [7, 11) is 0. The molecule has 0 fully saturated rings. The van der Waals surface area contributed by atoms with Crippen molar-refractivity contribution >= 4 is 5.95 Å². The Morgan fingerprint density at radius 1 is 1.36 bits per heavy atom. The third kappa shape index (κ3) is 2.46. The average Bonchev–Trinajstić information content (AvgIpc) is 2.65. The van der Waals surface area contributed by atoms with Crippen LogP contribution in [0.4, 0.5) is 5.95 Å². The summed E-state index contributed by atoms with van der Waals surface area (Å²) in [6, 6.07) is 0. The minimum atomic E-state index is 0.622. The number of rotatable bonds is 6. The van der Waals surface area contributed by atoms with E-state index >= 15 is 0 Å². The van der Waals surface area contributed by atoms with E-state index < -0.39 is 0 Å². The molecule has 0 aliphatic carbocycles. The van der Waals surface area contributed by atoms with Gasteiger partial charge in [-0.25, -0.2) is 4.98 Å². The molecule has 4 N–H and O–H groups in total. The second-order valence-corrected chi connectivity index (χ2v) is 3.08. The molecule has 0 aliphatic heterocycles. The lowest BCUT2D eigenvalue weighted by molar-refractivity contribution is 0.689. The summed E-state index contributed by atoms with van der Waals surface area (Å²) >= 11 is 0. The van der Waals surface area contributed by atoms with Gasteiger partial charge in [-0.2, -0.15) is 0 Å². The highest BCUT2D eigenvalue weighted by atomic mass is 15.3. The number of hydrogen-bond donors (Lipinski definition) is 2. The number of imidazole rings is 1. The van der Waals surface area contributed by atoms with Gasteiger partial charge in [0.25, 0.3) is 0 Å². The zero-order valence-electron chi connectivity index (χ0n) is 8.69. The summed E-state index contributed by atoms with van der Waals surface area (Å²) in [5, 5.41) is 0. The van der Waals surface area contributed by atoms with Crippen LogP contribution in [0.5, 0.6) is 0 Å². The smallest absolute Gasteiger partial charge is 0.205 e. The predicted molar refractivity (Wildman–Crippen MR) is 58.2 cm³/mol. The second kappa shape index (κ2) is 5.62. The zero-order chi connectivity index (χ0) is 10.4. The molecule has 0 atom stereocenters. The third-order valence-corrected chi connectivity index (χ3v) is 2.12. The molecule has 5 nitrogen and oxygen atoms in total. The minimum Gasteiger partial charge on any atom is -0.340 e. The average molecular weight is 197 g/mol. The summed E-state index contributed by atoms with van der Waals surface area (Å²) < 4.78 is 2.09. The van der Waals surface area contributed by atoms with Gasteiger partial charge in [0.2, 0.25) is 5.95 Å². The van der Waals surface area contributed by atoms with Gasteiger partial charge in [-0.15, -0.1) is 0 Å². The van der Waals surface area contributed by atoms with Crippen molar-refractivity contribution in [1.82, 2.24) is 9.55 Å². The van der Waals surface area contributed by atoms with E-state index in [4.69, 9.17) is 11.5 Å². The lowest BCUT2D eigenvalue weighted by Gasteiger charge is -2.22. The molecule has 0 aromatic carbocycles. The maximum absolute atomic E-state index is 5.54. The van der Waals surface area contributed by atoms with Crippen LogP contribution < -0.4 is 16.4 Å². The van der Waals surface area contributed by atoms with E-state index in [-0.39, 0.29) is 0 Å². The first-order chi connectivity index (χ1) is 6.83. The SMILES string of the molecule is CCn1ccnc1N(CCN)CCN. The molecule has 1 aromatic heterocycles. The standard InChI is InChI=1S/C9H19N5/c1-2-13-8-5-12-9(13)14(6-3-10)7-4-11/h5,8H,2-4,6-7,10-11H2,1H3. The van der Waals surface area contributed by atoms with E-state index in [2.05, 4.69) is 21.4 Å². The zero-order valence-corrected chi connectivity index (χ0v) is 8.69. The fourth-order valence-electron chi connectivity index (χ4n) is 1.45. The highest BCUT2D eigenvalue weighted by molar-refractivity contribution is 5.31. The van der Waals surface area contributed by atoms with Gasteiger partial charge in [-0.05, 0) is 6.92 Å². The van der Waals surface area contributed by atoms with E-state index in [1.807, 2.05) is 6.20 Å². The fourth-order valence-corrected chi connectivity index (χ4v) is 1.45. The minimum absolute atomic E-state index is 0.622. The summed E-state index contributed by atoms with van der Waals surface area (Å²) in [5.41, 5.74) is 11.1. The van der Waals surface area contributed by atoms with Gasteiger partial charge in [0.15, 0.2) is 0 Å². The van der Waals surface area contributed by atoms with E-state index in [0.717, 1.165) is 25.6 Å². The number of hydrogen-bond acceptors (Lipinski definition) is 4. The summed E-state index contributed by atoms with van der Waals surface area (Å²) in [4.78, 5) is 6.42. The molecule has 0 radical (unpaired) electrons. The first kappa shape index (κ1) is 11.0. The Kier molecular flexibility index (Phi) is 4.42. The van der Waals surface area contributed by atoms with Crippen LogP contribution in [0.2, 0.25) is 0 Å². The first-order valence-electron chi connectivity index (χ1n) is 4.99. The van der Waals surface area contributed by atoms with Crippen molar-refractivity contribution in [2.45, 2.75) is 13.5 Å². The quantitative estimate of drug-likeness (QED) is 0.652. The number of aryl methyl sites for hydroxylation is 1. The Balaban J connectivity index is 2.75. The van der Waals surface area contributed by atoms with Crippen LogP contribution in [0.15, 0.2) is 12.4 Å². The molecule has 14 heavy (non-hydrogen) atoms. The van der Waals surface area contributed by atoms with Crippen molar-refractivity contribution in [2.24, 2.45) is 11.5 Å². The molecule has 0 saturated heterocycles. The van der Waals surface area contributed by atoms with E-state index in [1.165, 1.54) is 0 Å². The highest BCUT2D eigenvalue weighted by Crippen LogP contribution is 2.09. The molecule has 1 heterocycles. The predicted octanol–water partition coefficient (Wildman–Crippen LogP) is -0.373. The van der Waals surface area contributed by atoms with E-state index in [9.17, 15) is 0 Å². The van der Waals surface area contributed by atoms with Crippen molar-refractivity contribution < 1.29 is 0 Å². The molecule has 0 amide bonds. The topological polar surface area (TPSA) is 73.1 Å². The summed E-state index contributed by atoms with van der Waals surface area (Å²) in [6.45, 7) is 5.85.